The number of aromatic carboxylic acids is 1. The van der Waals surface area contributed by atoms with Gasteiger partial charge in [-0.25, -0.2) is 4.79 Å². The highest BCUT2D eigenvalue weighted by Gasteiger charge is 2.54. The first kappa shape index (κ1) is 23.8. The van der Waals surface area contributed by atoms with Gasteiger partial charge in [0.15, 0.2) is 5.60 Å². The number of fused-ring (bicyclic) bond motifs is 1. The molecule has 0 aromatic heterocycles. The fourth-order valence-corrected chi connectivity index (χ4v) is 5.24. The molecule has 0 spiro atoms. The van der Waals surface area contributed by atoms with Crippen LogP contribution in [0, 0.1) is 0 Å². The highest BCUT2D eigenvalue weighted by molar-refractivity contribution is 6.35. The Hall–Kier alpha value is -1.83. The van der Waals surface area contributed by atoms with Gasteiger partial charge < -0.3 is 15.1 Å². The van der Waals surface area contributed by atoms with Gasteiger partial charge in [0.25, 0.3) is 5.91 Å². The third kappa shape index (κ3) is 3.81. The molecule has 166 valence electrons. The average molecular weight is 486 g/mol. The van der Waals surface area contributed by atoms with Crippen molar-refractivity contribution >= 4 is 53.2 Å². The lowest BCUT2D eigenvalue weighted by atomic mass is 9.87. The lowest BCUT2D eigenvalue weighted by Gasteiger charge is -2.29. The summed E-state index contributed by atoms with van der Waals surface area (Å²) in [5, 5.41) is 21.5. The van der Waals surface area contributed by atoms with E-state index in [4.69, 9.17) is 23.2 Å². The molecule has 2 aromatic rings. The fourth-order valence-electron chi connectivity index (χ4n) is 4.61. The van der Waals surface area contributed by atoms with Gasteiger partial charge in [0, 0.05) is 28.7 Å². The molecule has 2 aliphatic heterocycles. The van der Waals surface area contributed by atoms with Crippen LogP contribution in [0.5, 0.6) is 0 Å². The zero-order valence-electron chi connectivity index (χ0n) is 16.8. The maximum atomic E-state index is 13.6. The van der Waals surface area contributed by atoms with E-state index in [0.29, 0.717) is 12.2 Å². The van der Waals surface area contributed by atoms with Gasteiger partial charge in [0.1, 0.15) is 0 Å². The number of carbonyl (C=O) groups excluding carboxylic acids is 1. The molecule has 2 N–H and O–H groups in total. The smallest absolute Gasteiger partial charge is 0.335 e. The van der Waals surface area contributed by atoms with Crippen LogP contribution in [0.2, 0.25) is 10.0 Å². The fraction of sp³-hybridized carbons (Fsp3) is 0.364. The standard InChI is InChI=1S/C22H22Cl2N2O4.ClH/c1-2-25-9-5-6-14(25)12-26-18-11-13(20(27)28)10-17(24)19(18)22(30,21(26)29)15-7-3-4-8-16(15)23;/h3-4,7-8,10-11,14,30H,2,5-6,9,12H2,1H3,(H,27,28);1H. The third-order valence-electron chi connectivity index (χ3n) is 6.09. The highest BCUT2D eigenvalue weighted by atomic mass is 35.5. The molecule has 6 nitrogen and oxygen atoms in total. The summed E-state index contributed by atoms with van der Waals surface area (Å²) in [5.41, 5.74) is -1.41. The van der Waals surface area contributed by atoms with Crippen LogP contribution < -0.4 is 4.90 Å². The second-order valence-electron chi connectivity index (χ2n) is 7.69. The quantitative estimate of drug-likeness (QED) is 0.664. The van der Waals surface area contributed by atoms with E-state index in [1.54, 1.807) is 24.3 Å². The van der Waals surface area contributed by atoms with Crippen LogP contribution >= 0.6 is 35.6 Å². The Kier molecular flexibility index (Phi) is 6.89. The predicted molar refractivity (Wildman–Crippen MR) is 123 cm³/mol. The number of benzene rings is 2. The van der Waals surface area contributed by atoms with Crippen molar-refractivity contribution in [2.75, 3.05) is 24.5 Å². The zero-order chi connectivity index (χ0) is 21.6. The molecule has 0 saturated carbocycles. The molecule has 2 aliphatic rings. The highest BCUT2D eigenvalue weighted by Crippen LogP contribution is 2.50. The Labute approximate surface area is 196 Å². The van der Waals surface area contributed by atoms with Gasteiger partial charge in [-0.1, -0.05) is 48.3 Å². The molecule has 2 atom stereocenters. The van der Waals surface area contributed by atoms with Crippen LogP contribution in [-0.4, -0.2) is 52.7 Å². The van der Waals surface area contributed by atoms with Gasteiger partial charge >= 0.3 is 5.97 Å². The van der Waals surface area contributed by atoms with E-state index in [9.17, 15) is 19.8 Å². The maximum absolute atomic E-state index is 13.6. The molecular formula is C22H23Cl3N2O4. The Morgan fingerprint density at radius 3 is 2.58 bits per heavy atom. The second-order valence-corrected chi connectivity index (χ2v) is 8.50. The summed E-state index contributed by atoms with van der Waals surface area (Å²) in [5.74, 6) is -1.73. The van der Waals surface area contributed by atoms with Gasteiger partial charge in [-0.3, -0.25) is 9.69 Å². The average Bonchev–Trinajstić information content (AvgIpc) is 3.25. The molecule has 0 radical (unpaired) electrons. The number of rotatable bonds is 5. The number of nitrogens with zero attached hydrogens (tertiary/aromatic N) is 2. The van der Waals surface area contributed by atoms with Crippen molar-refractivity contribution in [1.82, 2.24) is 4.90 Å². The largest absolute Gasteiger partial charge is 0.478 e. The maximum Gasteiger partial charge on any atom is 0.335 e. The summed E-state index contributed by atoms with van der Waals surface area (Å²) >= 11 is 12.8. The number of anilines is 1. The van der Waals surface area contributed by atoms with Crippen LogP contribution in [0.4, 0.5) is 5.69 Å². The number of hydrogen-bond acceptors (Lipinski definition) is 4. The molecule has 9 heteroatoms. The first-order valence-corrected chi connectivity index (χ1v) is 10.6. The number of carboxylic acid groups (broad SMARTS) is 1. The number of carbonyl (C=O) groups is 2. The summed E-state index contributed by atoms with van der Waals surface area (Å²) < 4.78 is 0. The summed E-state index contributed by atoms with van der Waals surface area (Å²) in [6.45, 7) is 4.20. The molecule has 0 bridgehead atoms. The summed E-state index contributed by atoms with van der Waals surface area (Å²) in [4.78, 5) is 29.0. The molecule has 2 heterocycles. The van der Waals surface area contributed by atoms with Crippen molar-refractivity contribution in [2.24, 2.45) is 0 Å². The van der Waals surface area contributed by atoms with Crippen molar-refractivity contribution < 1.29 is 19.8 Å². The number of carboxylic acids is 1. The van der Waals surface area contributed by atoms with Gasteiger partial charge in [-0.15, -0.1) is 12.4 Å². The number of aliphatic hydroxyl groups is 1. The lowest BCUT2D eigenvalue weighted by molar-refractivity contribution is -0.132. The minimum absolute atomic E-state index is 0. The number of likely N-dealkylation sites (tertiary alicyclic amines) is 1. The summed E-state index contributed by atoms with van der Waals surface area (Å²) in [7, 11) is 0. The van der Waals surface area contributed by atoms with E-state index < -0.39 is 17.5 Å². The van der Waals surface area contributed by atoms with E-state index in [1.165, 1.54) is 17.0 Å². The SMILES string of the molecule is CCN1CCCC1CN1C(=O)C(O)(c2ccccc2Cl)c2c(Cl)cc(C(=O)O)cc21.Cl. The Balaban J connectivity index is 0.00000272. The van der Waals surface area contributed by atoms with Crippen LogP contribution in [-0.2, 0) is 10.4 Å². The van der Waals surface area contributed by atoms with E-state index in [2.05, 4.69) is 11.8 Å². The van der Waals surface area contributed by atoms with E-state index in [1.807, 2.05) is 0 Å². The molecule has 2 unspecified atom stereocenters. The van der Waals surface area contributed by atoms with Crippen molar-refractivity contribution in [3.05, 3.63) is 63.1 Å². The predicted octanol–water partition coefficient (Wildman–Crippen LogP) is 4.18. The Morgan fingerprint density at radius 2 is 1.94 bits per heavy atom. The molecular weight excluding hydrogens is 463 g/mol. The molecule has 4 rings (SSSR count). The topological polar surface area (TPSA) is 81.1 Å². The third-order valence-corrected chi connectivity index (χ3v) is 6.71. The normalized spacial score (nSPS) is 23.0. The molecule has 1 saturated heterocycles. The number of hydrogen-bond donors (Lipinski definition) is 2. The molecule has 1 fully saturated rings. The molecule has 0 aliphatic carbocycles. The minimum Gasteiger partial charge on any atom is -0.478 e. The summed E-state index contributed by atoms with van der Waals surface area (Å²) in [6.07, 6.45) is 1.95. The number of amides is 1. The Bertz CT molecular complexity index is 1030. The zero-order valence-corrected chi connectivity index (χ0v) is 19.2. The summed E-state index contributed by atoms with van der Waals surface area (Å²) in [6, 6.07) is 9.36. The first-order chi connectivity index (χ1) is 14.3. The van der Waals surface area contributed by atoms with Crippen LogP contribution in [0.15, 0.2) is 36.4 Å². The van der Waals surface area contributed by atoms with Gasteiger partial charge in [0.05, 0.1) is 16.3 Å². The number of likely N-dealkylation sites (N-methyl/N-ethyl adjacent to an activating group) is 1. The van der Waals surface area contributed by atoms with Crippen LogP contribution in [0.1, 0.15) is 41.3 Å². The van der Waals surface area contributed by atoms with Gasteiger partial charge in [-0.05, 0) is 44.1 Å². The van der Waals surface area contributed by atoms with Crippen LogP contribution in [0.25, 0.3) is 0 Å². The van der Waals surface area contributed by atoms with Crippen LogP contribution in [0.3, 0.4) is 0 Å². The van der Waals surface area contributed by atoms with E-state index in [0.717, 1.165) is 25.9 Å². The van der Waals surface area contributed by atoms with Crippen molar-refractivity contribution in [1.29, 1.82) is 0 Å². The van der Waals surface area contributed by atoms with Gasteiger partial charge in [-0.2, -0.15) is 0 Å². The minimum atomic E-state index is -2.09. The Morgan fingerprint density at radius 1 is 1.23 bits per heavy atom. The molecule has 31 heavy (non-hydrogen) atoms. The first-order valence-electron chi connectivity index (χ1n) is 9.89. The van der Waals surface area contributed by atoms with Crippen molar-refractivity contribution in [3.8, 4) is 0 Å². The monoisotopic (exact) mass is 484 g/mol. The van der Waals surface area contributed by atoms with Crippen molar-refractivity contribution in [3.63, 3.8) is 0 Å². The lowest BCUT2D eigenvalue weighted by Crippen LogP contribution is -2.46. The van der Waals surface area contributed by atoms with E-state index >= 15 is 0 Å². The number of halogens is 3. The molecule has 1 amide bonds. The second kappa shape index (κ2) is 8.96. The van der Waals surface area contributed by atoms with E-state index in [-0.39, 0.29) is 45.2 Å². The van der Waals surface area contributed by atoms with Crippen molar-refractivity contribution in [2.45, 2.75) is 31.4 Å². The van der Waals surface area contributed by atoms with Gasteiger partial charge in [0.2, 0.25) is 0 Å². The molecule has 2 aromatic carbocycles.